The molecule has 0 unspecified atom stereocenters. The fourth-order valence-corrected chi connectivity index (χ4v) is 4.20. The first-order chi connectivity index (χ1) is 11.3. The Morgan fingerprint density at radius 2 is 2.00 bits per heavy atom. The molecule has 2 heterocycles. The van der Waals surface area contributed by atoms with Crippen LogP contribution in [0.5, 0.6) is 0 Å². The Morgan fingerprint density at radius 1 is 1.29 bits per heavy atom. The molecule has 0 radical (unpaired) electrons. The van der Waals surface area contributed by atoms with Gasteiger partial charge in [0.1, 0.15) is 0 Å². The third kappa shape index (κ3) is 2.70. The van der Waals surface area contributed by atoms with Crippen LogP contribution in [0.25, 0.3) is 0 Å². The average Bonchev–Trinajstić information content (AvgIpc) is 2.81. The van der Waals surface area contributed by atoms with E-state index in [1.165, 1.54) is 6.07 Å². The Morgan fingerprint density at radius 3 is 2.58 bits per heavy atom. The fourth-order valence-electron chi connectivity index (χ4n) is 4.20. The maximum Gasteiger partial charge on any atom is 0.416 e. The van der Waals surface area contributed by atoms with Crippen molar-refractivity contribution >= 4 is 5.91 Å². The number of piperidine rings is 1. The number of carbonyl (C=O) groups is 1. The van der Waals surface area contributed by atoms with Crippen molar-refractivity contribution < 1.29 is 18.0 Å². The summed E-state index contributed by atoms with van der Waals surface area (Å²) in [6.07, 6.45) is -2.96. The molecule has 3 nitrogen and oxygen atoms in total. The van der Waals surface area contributed by atoms with Gasteiger partial charge in [0.25, 0.3) is 0 Å². The lowest BCUT2D eigenvalue weighted by Crippen LogP contribution is -2.48. The molecule has 2 fully saturated rings. The van der Waals surface area contributed by atoms with Gasteiger partial charge in [0, 0.05) is 25.0 Å². The quantitative estimate of drug-likeness (QED) is 0.895. The second-order valence-corrected chi connectivity index (χ2v) is 7.13. The normalized spacial score (nSPS) is 28.2. The lowest BCUT2D eigenvalue weighted by atomic mass is 9.68. The molecule has 3 rings (SSSR count). The number of amides is 1. The number of alkyl halides is 3. The summed E-state index contributed by atoms with van der Waals surface area (Å²) in [6, 6.07) is 5.70. The lowest BCUT2D eigenvalue weighted by Gasteiger charge is -2.37. The molecule has 132 valence electrons. The molecule has 1 amide bonds. The minimum absolute atomic E-state index is 0.00771. The van der Waals surface area contributed by atoms with Crippen LogP contribution in [-0.4, -0.2) is 36.5 Å². The molecule has 2 aliphatic heterocycles. The van der Waals surface area contributed by atoms with Crippen LogP contribution >= 0.6 is 0 Å². The van der Waals surface area contributed by atoms with Gasteiger partial charge in [-0.2, -0.15) is 13.2 Å². The summed E-state index contributed by atoms with van der Waals surface area (Å²) in [4.78, 5) is 14.8. The minimum Gasteiger partial charge on any atom is -0.339 e. The first kappa shape index (κ1) is 17.3. The number of likely N-dealkylation sites (tertiary alicyclic amines) is 1. The van der Waals surface area contributed by atoms with E-state index in [1.54, 1.807) is 17.0 Å². The van der Waals surface area contributed by atoms with Crippen molar-refractivity contribution in [3.63, 3.8) is 0 Å². The smallest absolute Gasteiger partial charge is 0.339 e. The van der Waals surface area contributed by atoms with Gasteiger partial charge in [-0.05, 0) is 44.9 Å². The summed E-state index contributed by atoms with van der Waals surface area (Å²) < 4.78 is 40.5. The Hall–Kier alpha value is -1.56. The van der Waals surface area contributed by atoms with Crippen molar-refractivity contribution in [2.24, 2.45) is 5.41 Å². The Kier molecular flexibility index (Phi) is 4.36. The summed E-state index contributed by atoms with van der Waals surface area (Å²) in [5, 5.41) is 3.24. The topological polar surface area (TPSA) is 32.3 Å². The Bertz CT molecular complexity index is 621. The first-order valence-electron chi connectivity index (χ1n) is 8.45. The van der Waals surface area contributed by atoms with Crippen LogP contribution in [0.15, 0.2) is 24.3 Å². The molecule has 1 N–H and O–H groups in total. The third-order valence-electron chi connectivity index (χ3n) is 5.41. The number of benzene rings is 1. The van der Waals surface area contributed by atoms with E-state index in [9.17, 15) is 18.0 Å². The van der Waals surface area contributed by atoms with Crippen LogP contribution in [0.4, 0.5) is 13.2 Å². The van der Waals surface area contributed by atoms with Gasteiger partial charge in [-0.25, -0.2) is 0 Å². The summed E-state index contributed by atoms with van der Waals surface area (Å²) in [5.41, 5.74) is -1.12. The first-order valence-corrected chi connectivity index (χ1v) is 8.45. The van der Waals surface area contributed by atoms with E-state index in [0.29, 0.717) is 19.5 Å². The van der Waals surface area contributed by atoms with Crippen LogP contribution < -0.4 is 5.32 Å². The van der Waals surface area contributed by atoms with Crippen LogP contribution in [-0.2, 0) is 11.0 Å². The second-order valence-electron chi connectivity index (χ2n) is 7.13. The fraction of sp³-hybridized carbons (Fsp3) is 0.611. The maximum absolute atomic E-state index is 13.5. The average molecular weight is 340 g/mol. The molecular weight excluding hydrogens is 317 g/mol. The van der Waals surface area contributed by atoms with Gasteiger partial charge in [0.2, 0.25) is 5.91 Å². The number of hydrogen-bond donors (Lipinski definition) is 1. The summed E-state index contributed by atoms with van der Waals surface area (Å²) >= 11 is 0. The van der Waals surface area contributed by atoms with Crippen LogP contribution in [0, 0.1) is 5.41 Å². The van der Waals surface area contributed by atoms with Gasteiger partial charge in [-0.15, -0.1) is 0 Å². The molecular formula is C18H23F3N2O. The van der Waals surface area contributed by atoms with Crippen molar-refractivity contribution in [3.8, 4) is 0 Å². The van der Waals surface area contributed by atoms with Crippen molar-refractivity contribution in [1.82, 2.24) is 10.2 Å². The molecule has 6 heteroatoms. The standard InChI is InChI=1S/C18H23F3N2O/c1-12(2)23-10-15(17(16(23)24)8-5-9-22-11-17)13-6-3-4-7-14(13)18(19,20)21/h3-4,6-7,12,15,22H,5,8-11H2,1-2H3/t15-,17+/m1/s1. The zero-order valence-corrected chi connectivity index (χ0v) is 14.0. The lowest BCUT2D eigenvalue weighted by molar-refractivity contribution is -0.141. The van der Waals surface area contributed by atoms with E-state index < -0.39 is 23.1 Å². The van der Waals surface area contributed by atoms with Gasteiger partial charge in [0.15, 0.2) is 0 Å². The molecule has 0 bridgehead atoms. The summed E-state index contributed by atoms with van der Waals surface area (Å²) in [5.74, 6) is -0.440. The van der Waals surface area contributed by atoms with Crippen LogP contribution in [0.2, 0.25) is 0 Å². The van der Waals surface area contributed by atoms with E-state index in [0.717, 1.165) is 19.0 Å². The highest BCUT2D eigenvalue weighted by molar-refractivity contribution is 5.87. The van der Waals surface area contributed by atoms with E-state index in [2.05, 4.69) is 5.32 Å². The maximum atomic E-state index is 13.5. The number of rotatable bonds is 2. The van der Waals surface area contributed by atoms with Crippen molar-refractivity contribution in [1.29, 1.82) is 0 Å². The Balaban J connectivity index is 2.10. The molecule has 24 heavy (non-hydrogen) atoms. The van der Waals surface area contributed by atoms with Crippen LogP contribution in [0.3, 0.4) is 0 Å². The zero-order chi connectivity index (χ0) is 17.5. The molecule has 1 aromatic carbocycles. The molecule has 1 aromatic rings. The third-order valence-corrected chi connectivity index (χ3v) is 5.41. The zero-order valence-electron chi connectivity index (χ0n) is 14.0. The monoisotopic (exact) mass is 340 g/mol. The molecule has 2 atom stereocenters. The van der Waals surface area contributed by atoms with Gasteiger partial charge in [0.05, 0.1) is 11.0 Å². The summed E-state index contributed by atoms with van der Waals surface area (Å²) in [7, 11) is 0. The molecule has 2 aliphatic rings. The SMILES string of the molecule is CC(C)N1C[C@H](c2ccccc2C(F)(F)F)[C@@]2(CCCNC2)C1=O. The predicted octanol–water partition coefficient (Wildman–Crippen LogP) is 3.41. The second kappa shape index (κ2) is 6.06. The molecule has 0 aromatic heterocycles. The molecule has 0 saturated carbocycles. The minimum atomic E-state index is -4.41. The largest absolute Gasteiger partial charge is 0.416 e. The molecule has 2 saturated heterocycles. The van der Waals surface area contributed by atoms with Gasteiger partial charge >= 0.3 is 6.18 Å². The number of hydrogen-bond acceptors (Lipinski definition) is 2. The molecule has 1 spiro atoms. The van der Waals surface area contributed by atoms with E-state index >= 15 is 0 Å². The molecule has 0 aliphatic carbocycles. The van der Waals surface area contributed by atoms with Gasteiger partial charge < -0.3 is 10.2 Å². The Labute approximate surface area is 140 Å². The van der Waals surface area contributed by atoms with Crippen molar-refractivity contribution in [2.45, 2.75) is 44.8 Å². The predicted molar refractivity (Wildman–Crippen MR) is 85.6 cm³/mol. The number of halogens is 3. The highest BCUT2D eigenvalue weighted by atomic mass is 19.4. The number of nitrogens with zero attached hydrogens (tertiary/aromatic N) is 1. The van der Waals surface area contributed by atoms with Gasteiger partial charge in [-0.1, -0.05) is 18.2 Å². The highest BCUT2D eigenvalue weighted by Gasteiger charge is 2.56. The highest BCUT2D eigenvalue weighted by Crippen LogP contribution is 2.51. The summed E-state index contributed by atoms with van der Waals surface area (Å²) in [6.45, 7) is 5.45. The van der Waals surface area contributed by atoms with E-state index in [1.807, 2.05) is 13.8 Å². The van der Waals surface area contributed by atoms with Crippen molar-refractivity contribution in [3.05, 3.63) is 35.4 Å². The van der Waals surface area contributed by atoms with Gasteiger partial charge in [-0.3, -0.25) is 4.79 Å². The van der Waals surface area contributed by atoms with Crippen LogP contribution in [0.1, 0.15) is 43.7 Å². The van der Waals surface area contributed by atoms with E-state index in [-0.39, 0.29) is 17.5 Å². The van der Waals surface area contributed by atoms with Crippen molar-refractivity contribution in [2.75, 3.05) is 19.6 Å². The van der Waals surface area contributed by atoms with E-state index in [4.69, 9.17) is 0 Å². The number of nitrogens with one attached hydrogen (secondary N) is 1. The number of carbonyl (C=O) groups excluding carboxylic acids is 1.